The molecule has 6 heteroatoms. The average Bonchev–Trinajstić information content (AvgIpc) is 3.36. The summed E-state index contributed by atoms with van der Waals surface area (Å²) in [6, 6.07) is 26.4. The van der Waals surface area contributed by atoms with Gasteiger partial charge < -0.3 is 9.64 Å². The summed E-state index contributed by atoms with van der Waals surface area (Å²) in [5.74, 6) is 0.887. The smallest absolute Gasteiger partial charge is 0.189 e. The van der Waals surface area contributed by atoms with Gasteiger partial charge in [0.2, 0.25) is 0 Å². The van der Waals surface area contributed by atoms with Crippen LogP contribution in [-0.4, -0.2) is 51.9 Å². The van der Waals surface area contributed by atoms with Gasteiger partial charge in [0, 0.05) is 19.5 Å². The number of hydrogen-bond donors (Lipinski definition) is 0. The van der Waals surface area contributed by atoms with Gasteiger partial charge in [-0.15, -0.1) is 5.10 Å². The molecule has 1 aliphatic heterocycles. The lowest BCUT2D eigenvalue weighted by molar-refractivity contribution is 0.0988. The molecule has 1 aromatic heterocycles. The van der Waals surface area contributed by atoms with E-state index in [1.165, 1.54) is 0 Å². The molecule has 0 unspecified atom stereocenters. The third kappa shape index (κ3) is 6.03. The fourth-order valence-electron chi connectivity index (χ4n) is 4.39. The number of aromatic nitrogens is 3. The normalized spacial score (nSPS) is 14.7. The molecule has 6 nitrogen and oxygen atoms in total. The Balaban J connectivity index is 1.16. The molecule has 0 radical (unpaired) electrons. The Labute approximate surface area is 206 Å². The summed E-state index contributed by atoms with van der Waals surface area (Å²) >= 11 is 0. The number of likely N-dealkylation sites (tertiary alicyclic amines) is 1. The van der Waals surface area contributed by atoms with E-state index >= 15 is 0 Å². The summed E-state index contributed by atoms with van der Waals surface area (Å²) in [7, 11) is 2.16. The first-order valence-corrected chi connectivity index (χ1v) is 12.1. The maximum absolute atomic E-state index is 12.7. The van der Waals surface area contributed by atoms with Gasteiger partial charge in [-0.25, -0.2) is 4.68 Å². The van der Waals surface area contributed by atoms with Crippen LogP contribution in [-0.2, 0) is 13.0 Å². The van der Waals surface area contributed by atoms with Crippen LogP contribution in [0, 0.1) is 0 Å². The van der Waals surface area contributed by atoms with Crippen LogP contribution in [0.2, 0.25) is 0 Å². The number of ketones is 1. The van der Waals surface area contributed by atoms with E-state index in [4.69, 9.17) is 4.74 Å². The highest BCUT2D eigenvalue weighted by Crippen LogP contribution is 2.25. The van der Waals surface area contributed by atoms with Gasteiger partial charge in [-0.1, -0.05) is 71.9 Å². The molecule has 178 valence electrons. The maximum atomic E-state index is 12.7. The molecule has 1 saturated heterocycles. The standard InChI is InChI=1S/C29H30N4O2/c1-32-17-15-27(16-18-32)35-26-13-11-25(12-14-26)24-9-7-22(8-10-24)19-29(34)28-21-33(31-30-28)20-23-5-3-2-4-6-23/h2-14,21,27H,15-20H2,1H3. The average molecular weight is 467 g/mol. The molecule has 5 rings (SSSR count). The Bertz CT molecular complexity index is 1240. The SMILES string of the molecule is CN1CCC(Oc2ccc(-c3ccc(CC(=O)c4cn(Cc5ccccc5)nn4)cc3)cc2)CC1. The topological polar surface area (TPSA) is 60.2 Å². The zero-order chi connectivity index (χ0) is 24.0. The summed E-state index contributed by atoms with van der Waals surface area (Å²) < 4.78 is 7.86. The number of Topliss-reactive ketones (excluding diaryl/α,β-unsaturated/α-hetero) is 1. The van der Waals surface area contributed by atoms with Crippen LogP contribution in [0.3, 0.4) is 0 Å². The molecule has 2 heterocycles. The predicted octanol–water partition coefficient (Wildman–Crippen LogP) is 4.89. The van der Waals surface area contributed by atoms with E-state index < -0.39 is 0 Å². The summed E-state index contributed by atoms with van der Waals surface area (Å²) in [6.07, 6.45) is 4.46. The minimum atomic E-state index is -0.0348. The van der Waals surface area contributed by atoms with Gasteiger partial charge in [0.25, 0.3) is 0 Å². The summed E-state index contributed by atoms with van der Waals surface area (Å²) in [6.45, 7) is 2.77. The van der Waals surface area contributed by atoms with Gasteiger partial charge in [0.05, 0.1) is 12.7 Å². The molecular weight excluding hydrogens is 436 g/mol. The first-order valence-electron chi connectivity index (χ1n) is 12.1. The molecule has 0 atom stereocenters. The van der Waals surface area contributed by atoms with Crippen molar-refractivity contribution in [2.75, 3.05) is 20.1 Å². The quantitative estimate of drug-likeness (QED) is 0.346. The lowest BCUT2D eigenvalue weighted by atomic mass is 10.0. The molecule has 1 fully saturated rings. The highest BCUT2D eigenvalue weighted by Gasteiger charge is 2.18. The Morgan fingerprint density at radius 2 is 1.54 bits per heavy atom. The predicted molar refractivity (Wildman–Crippen MR) is 137 cm³/mol. The third-order valence-electron chi connectivity index (χ3n) is 6.49. The van der Waals surface area contributed by atoms with Gasteiger partial charge in [-0.3, -0.25) is 4.79 Å². The Morgan fingerprint density at radius 1 is 0.886 bits per heavy atom. The number of carbonyl (C=O) groups is 1. The lowest BCUT2D eigenvalue weighted by Crippen LogP contribution is -2.35. The Morgan fingerprint density at radius 3 is 2.23 bits per heavy atom. The molecule has 0 amide bonds. The summed E-state index contributed by atoms with van der Waals surface area (Å²) in [5, 5.41) is 8.19. The van der Waals surface area contributed by atoms with Crippen LogP contribution in [0.15, 0.2) is 85.1 Å². The Hall–Kier alpha value is -3.77. The first-order chi connectivity index (χ1) is 17.1. The van der Waals surface area contributed by atoms with Gasteiger partial charge in [-0.2, -0.15) is 0 Å². The monoisotopic (exact) mass is 466 g/mol. The molecule has 0 aliphatic carbocycles. The van der Waals surface area contributed by atoms with Crippen molar-refractivity contribution in [1.82, 2.24) is 19.9 Å². The second kappa shape index (κ2) is 10.7. The summed E-state index contributed by atoms with van der Waals surface area (Å²) in [4.78, 5) is 15.1. The molecule has 0 spiro atoms. The number of carbonyl (C=O) groups excluding carboxylic acids is 1. The van der Waals surface area contributed by atoms with E-state index in [1.807, 2.05) is 54.6 Å². The number of piperidine rings is 1. The number of ether oxygens (including phenoxy) is 1. The third-order valence-corrected chi connectivity index (χ3v) is 6.49. The highest BCUT2D eigenvalue weighted by atomic mass is 16.5. The molecule has 1 aliphatic rings. The molecular formula is C29H30N4O2. The van der Waals surface area contributed by atoms with Crippen LogP contribution >= 0.6 is 0 Å². The van der Waals surface area contributed by atoms with Crippen LogP contribution in [0.5, 0.6) is 5.75 Å². The molecule has 0 saturated carbocycles. The van der Waals surface area contributed by atoms with Crippen LogP contribution in [0.25, 0.3) is 11.1 Å². The fraction of sp³-hybridized carbons (Fsp3) is 0.276. The van der Waals surface area contributed by atoms with Crippen LogP contribution in [0.4, 0.5) is 0 Å². The van der Waals surface area contributed by atoms with Crippen molar-refractivity contribution < 1.29 is 9.53 Å². The van der Waals surface area contributed by atoms with E-state index in [2.05, 4.69) is 46.5 Å². The minimum Gasteiger partial charge on any atom is -0.490 e. The van der Waals surface area contributed by atoms with Crippen LogP contribution < -0.4 is 4.74 Å². The number of hydrogen-bond acceptors (Lipinski definition) is 5. The first kappa shape index (κ1) is 23.0. The molecule has 0 bridgehead atoms. The number of benzene rings is 3. The van der Waals surface area contributed by atoms with Crippen molar-refractivity contribution in [1.29, 1.82) is 0 Å². The largest absolute Gasteiger partial charge is 0.490 e. The van der Waals surface area contributed by atoms with Crippen molar-refractivity contribution in [2.24, 2.45) is 0 Å². The second-order valence-electron chi connectivity index (χ2n) is 9.23. The summed E-state index contributed by atoms with van der Waals surface area (Å²) in [5.41, 5.74) is 4.71. The zero-order valence-electron chi connectivity index (χ0n) is 20.0. The number of nitrogens with zero attached hydrogens (tertiary/aromatic N) is 4. The van der Waals surface area contributed by atoms with Gasteiger partial charge in [-0.05, 0) is 54.3 Å². The van der Waals surface area contributed by atoms with E-state index in [9.17, 15) is 4.79 Å². The highest BCUT2D eigenvalue weighted by molar-refractivity contribution is 5.95. The number of rotatable bonds is 8. The molecule has 0 N–H and O–H groups in total. The van der Waals surface area contributed by atoms with Gasteiger partial charge in [0.1, 0.15) is 17.5 Å². The zero-order valence-corrected chi connectivity index (χ0v) is 20.0. The van der Waals surface area contributed by atoms with Crippen LogP contribution in [0.1, 0.15) is 34.5 Å². The van der Waals surface area contributed by atoms with Crippen molar-refractivity contribution in [2.45, 2.75) is 31.9 Å². The van der Waals surface area contributed by atoms with Gasteiger partial charge >= 0.3 is 0 Å². The van der Waals surface area contributed by atoms with E-state index in [0.717, 1.165) is 53.9 Å². The Kier molecular flexibility index (Phi) is 7.00. The minimum absolute atomic E-state index is 0.0348. The van der Waals surface area contributed by atoms with Gasteiger partial charge in [0.15, 0.2) is 5.78 Å². The van der Waals surface area contributed by atoms with Crippen molar-refractivity contribution >= 4 is 5.78 Å². The second-order valence-corrected chi connectivity index (χ2v) is 9.23. The lowest BCUT2D eigenvalue weighted by Gasteiger charge is -2.29. The van der Waals surface area contributed by atoms with E-state index in [1.54, 1.807) is 10.9 Å². The fourth-order valence-corrected chi connectivity index (χ4v) is 4.39. The van der Waals surface area contributed by atoms with Crippen molar-refractivity contribution in [3.05, 3.63) is 102 Å². The molecule has 4 aromatic rings. The van der Waals surface area contributed by atoms with Crippen molar-refractivity contribution in [3.8, 4) is 16.9 Å². The molecule has 3 aromatic carbocycles. The van der Waals surface area contributed by atoms with E-state index in [-0.39, 0.29) is 5.78 Å². The molecule has 35 heavy (non-hydrogen) atoms. The maximum Gasteiger partial charge on any atom is 0.189 e. The van der Waals surface area contributed by atoms with Crippen molar-refractivity contribution in [3.63, 3.8) is 0 Å². The van der Waals surface area contributed by atoms with E-state index in [0.29, 0.717) is 24.8 Å².